The number of nitrogens with zero attached hydrogens (tertiary/aromatic N) is 1. The smallest absolute Gasteiger partial charge is 0.335 e. The molecule has 88 valence electrons. The van der Waals surface area contributed by atoms with Crippen LogP contribution in [0.25, 0.3) is 0 Å². The van der Waals surface area contributed by atoms with Crippen LogP contribution >= 0.6 is 0 Å². The first-order valence-corrected chi connectivity index (χ1v) is 5.18. The highest BCUT2D eigenvalue weighted by molar-refractivity contribution is 5.87. The van der Waals surface area contributed by atoms with Gasteiger partial charge in [-0.15, -0.1) is 0 Å². The number of carboxylic acids is 1. The fourth-order valence-electron chi connectivity index (χ4n) is 1.48. The molecule has 5 heteroatoms. The zero-order valence-corrected chi connectivity index (χ0v) is 9.09. The van der Waals surface area contributed by atoms with Gasteiger partial charge in [-0.1, -0.05) is 17.3 Å². The van der Waals surface area contributed by atoms with E-state index in [0.29, 0.717) is 18.7 Å². The molecule has 0 saturated carbocycles. The van der Waals surface area contributed by atoms with Crippen LogP contribution in [0.5, 0.6) is 0 Å². The van der Waals surface area contributed by atoms with Crippen LogP contribution in [0.3, 0.4) is 0 Å². The Balaban J connectivity index is 1.90. The van der Waals surface area contributed by atoms with Gasteiger partial charge in [-0.2, -0.15) is 0 Å². The van der Waals surface area contributed by atoms with Gasteiger partial charge in [-0.05, 0) is 17.7 Å². The summed E-state index contributed by atoms with van der Waals surface area (Å²) in [6.07, 6.45) is 1.52. The molecule has 2 aromatic rings. The zero-order chi connectivity index (χ0) is 12.1. The van der Waals surface area contributed by atoms with Crippen molar-refractivity contribution in [1.82, 2.24) is 10.5 Å². The van der Waals surface area contributed by atoms with Crippen molar-refractivity contribution in [2.75, 3.05) is 0 Å². The van der Waals surface area contributed by atoms with Crippen molar-refractivity contribution < 1.29 is 14.4 Å². The van der Waals surface area contributed by atoms with Crippen LogP contribution in [0.2, 0.25) is 0 Å². The Bertz CT molecular complexity index is 494. The summed E-state index contributed by atoms with van der Waals surface area (Å²) in [4.78, 5) is 10.8. The summed E-state index contributed by atoms with van der Waals surface area (Å²) < 4.78 is 4.70. The van der Waals surface area contributed by atoms with Gasteiger partial charge >= 0.3 is 5.97 Å². The van der Waals surface area contributed by atoms with E-state index in [9.17, 15) is 4.79 Å². The lowest BCUT2D eigenvalue weighted by Gasteiger charge is -2.03. The fourth-order valence-corrected chi connectivity index (χ4v) is 1.48. The molecule has 5 nitrogen and oxygen atoms in total. The van der Waals surface area contributed by atoms with Gasteiger partial charge in [0, 0.05) is 19.2 Å². The lowest BCUT2D eigenvalue weighted by atomic mass is 10.1. The molecule has 0 aliphatic carbocycles. The van der Waals surface area contributed by atoms with E-state index >= 15 is 0 Å². The third kappa shape index (κ3) is 3.15. The number of rotatable bonds is 5. The van der Waals surface area contributed by atoms with Gasteiger partial charge in [-0.25, -0.2) is 4.79 Å². The topological polar surface area (TPSA) is 75.4 Å². The van der Waals surface area contributed by atoms with Crippen molar-refractivity contribution in [3.05, 3.63) is 53.4 Å². The third-order valence-electron chi connectivity index (χ3n) is 2.30. The normalized spacial score (nSPS) is 10.4. The Morgan fingerprint density at radius 3 is 2.94 bits per heavy atom. The summed E-state index contributed by atoms with van der Waals surface area (Å²) in [5, 5.41) is 15.8. The maximum atomic E-state index is 10.8. The second kappa shape index (κ2) is 5.27. The summed E-state index contributed by atoms with van der Waals surface area (Å²) in [5.74, 6) is -0.914. The predicted molar refractivity (Wildman–Crippen MR) is 60.4 cm³/mol. The van der Waals surface area contributed by atoms with Crippen molar-refractivity contribution in [2.24, 2.45) is 0 Å². The SMILES string of the molecule is O=C(O)c1cccc(CNCc2ccon2)c1. The molecule has 1 heterocycles. The summed E-state index contributed by atoms with van der Waals surface area (Å²) in [6, 6.07) is 8.61. The Labute approximate surface area is 98.1 Å². The number of nitrogens with one attached hydrogen (secondary N) is 1. The molecule has 0 fully saturated rings. The molecule has 0 amide bonds. The maximum absolute atomic E-state index is 10.8. The number of carbonyl (C=O) groups is 1. The standard InChI is InChI=1S/C12H12N2O3/c15-12(16)10-3-1-2-9(6-10)7-13-8-11-4-5-17-14-11/h1-6,13H,7-8H2,(H,15,16). The molecule has 0 aliphatic heterocycles. The van der Waals surface area contributed by atoms with Crippen molar-refractivity contribution in [2.45, 2.75) is 13.1 Å². The van der Waals surface area contributed by atoms with Gasteiger partial charge in [0.15, 0.2) is 0 Å². The molecule has 0 aliphatic rings. The van der Waals surface area contributed by atoms with E-state index in [1.807, 2.05) is 6.07 Å². The van der Waals surface area contributed by atoms with Crippen molar-refractivity contribution in [3.8, 4) is 0 Å². The van der Waals surface area contributed by atoms with Crippen molar-refractivity contribution >= 4 is 5.97 Å². The fraction of sp³-hybridized carbons (Fsp3) is 0.167. The molecule has 2 N–H and O–H groups in total. The van der Waals surface area contributed by atoms with Crippen molar-refractivity contribution in [3.63, 3.8) is 0 Å². The quantitative estimate of drug-likeness (QED) is 0.820. The lowest BCUT2D eigenvalue weighted by Crippen LogP contribution is -2.13. The highest BCUT2D eigenvalue weighted by Crippen LogP contribution is 2.05. The predicted octanol–water partition coefficient (Wildman–Crippen LogP) is 1.66. The molecule has 0 atom stereocenters. The molecule has 1 aromatic heterocycles. The van der Waals surface area contributed by atoms with E-state index in [0.717, 1.165) is 11.3 Å². The first-order chi connectivity index (χ1) is 8.25. The minimum atomic E-state index is -0.914. The van der Waals surface area contributed by atoms with Gasteiger partial charge in [0.2, 0.25) is 0 Å². The summed E-state index contributed by atoms with van der Waals surface area (Å²) in [5.41, 5.74) is 2.04. The molecule has 2 rings (SSSR count). The lowest BCUT2D eigenvalue weighted by molar-refractivity contribution is 0.0696. The zero-order valence-electron chi connectivity index (χ0n) is 9.09. The van der Waals surface area contributed by atoms with Gasteiger partial charge in [0.1, 0.15) is 6.26 Å². The van der Waals surface area contributed by atoms with Gasteiger partial charge in [0.05, 0.1) is 11.3 Å². The van der Waals surface area contributed by atoms with Crippen LogP contribution in [0.15, 0.2) is 41.1 Å². The van der Waals surface area contributed by atoms with Crippen LogP contribution in [0.4, 0.5) is 0 Å². The Hall–Kier alpha value is -2.14. The first-order valence-electron chi connectivity index (χ1n) is 5.18. The molecule has 0 spiro atoms. The molecule has 17 heavy (non-hydrogen) atoms. The molecule has 0 radical (unpaired) electrons. The number of aromatic carboxylic acids is 1. The minimum absolute atomic E-state index is 0.297. The van der Waals surface area contributed by atoms with E-state index in [-0.39, 0.29) is 0 Å². The van der Waals surface area contributed by atoms with Crippen LogP contribution < -0.4 is 5.32 Å². The largest absolute Gasteiger partial charge is 0.478 e. The Kier molecular flexibility index (Phi) is 3.52. The molecule has 0 saturated heterocycles. The van der Waals surface area contributed by atoms with E-state index in [4.69, 9.17) is 9.63 Å². The first kappa shape index (κ1) is 11.3. The van der Waals surface area contributed by atoms with E-state index in [2.05, 4.69) is 10.5 Å². The number of aromatic nitrogens is 1. The highest BCUT2D eigenvalue weighted by atomic mass is 16.5. The number of hydrogen-bond donors (Lipinski definition) is 2. The minimum Gasteiger partial charge on any atom is -0.478 e. The number of carboxylic acid groups (broad SMARTS) is 1. The van der Waals surface area contributed by atoms with Crippen LogP contribution in [-0.2, 0) is 13.1 Å². The monoisotopic (exact) mass is 232 g/mol. The van der Waals surface area contributed by atoms with E-state index in [1.165, 1.54) is 6.26 Å². The number of benzene rings is 1. The van der Waals surface area contributed by atoms with Crippen LogP contribution in [0, 0.1) is 0 Å². The summed E-state index contributed by atoms with van der Waals surface area (Å²) in [7, 11) is 0. The van der Waals surface area contributed by atoms with E-state index < -0.39 is 5.97 Å². The van der Waals surface area contributed by atoms with Gasteiger partial charge < -0.3 is 14.9 Å². The summed E-state index contributed by atoms with van der Waals surface area (Å²) in [6.45, 7) is 1.18. The Morgan fingerprint density at radius 1 is 1.35 bits per heavy atom. The molecular weight excluding hydrogens is 220 g/mol. The maximum Gasteiger partial charge on any atom is 0.335 e. The average Bonchev–Trinajstić information content (AvgIpc) is 2.82. The van der Waals surface area contributed by atoms with Crippen LogP contribution in [-0.4, -0.2) is 16.2 Å². The second-order valence-electron chi connectivity index (χ2n) is 3.60. The average molecular weight is 232 g/mol. The third-order valence-corrected chi connectivity index (χ3v) is 2.30. The van der Waals surface area contributed by atoms with Crippen molar-refractivity contribution in [1.29, 1.82) is 0 Å². The Morgan fingerprint density at radius 2 is 2.24 bits per heavy atom. The highest BCUT2D eigenvalue weighted by Gasteiger charge is 2.03. The second-order valence-corrected chi connectivity index (χ2v) is 3.60. The molecule has 0 unspecified atom stereocenters. The van der Waals surface area contributed by atoms with E-state index in [1.54, 1.807) is 24.3 Å². The van der Waals surface area contributed by atoms with Gasteiger partial charge in [0.25, 0.3) is 0 Å². The van der Waals surface area contributed by atoms with Crippen LogP contribution in [0.1, 0.15) is 21.6 Å². The summed E-state index contributed by atoms with van der Waals surface area (Å²) >= 11 is 0. The van der Waals surface area contributed by atoms with Gasteiger partial charge in [-0.3, -0.25) is 0 Å². The molecule has 1 aromatic carbocycles. The molecular formula is C12H12N2O3. The molecule has 0 bridgehead atoms. The number of hydrogen-bond acceptors (Lipinski definition) is 4.